The van der Waals surface area contributed by atoms with Gasteiger partial charge in [0.25, 0.3) is 0 Å². The van der Waals surface area contributed by atoms with Crippen LogP contribution in [-0.2, 0) is 0 Å². The molecule has 1 saturated carbocycles. The topological polar surface area (TPSA) is 0 Å². The molecular weight excluding hydrogens is 336 g/mol. The van der Waals surface area contributed by atoms with Gasteiger partial charge in [-0.1, -0.05) is 145 Å². The molecule has 0 heterocycles. The van der Waals surface area contributed by atoms with E-state index >= 15 is 0 Å². The number of rotatable bonds is 12. The first kappa shape index (κ1) is 30.2. The van der Waals surface area contributed by atoms with Gasteiger partial charge >= 0.3 is 0 Å². The van der Waals surface area contributed by atoms with Gasteiger partial charge in [-0.2, -0.15) is 0 Å². The molecule has 0 aromatic rings. The Balaban J connectivity index is 0. The van der Waals surface area contributed by atoms with Crippen LogP contribution in [0.5, 0.6) is 0 Å². The van der Waals surface area contributed by atoms with E-state index in [2.05, 4.69) is 55.4 Å². The van der Waals surface area contributed by atoms with Gasteiger partial charge in [0.1, 0.15) is 0 Å². The molecule has 0 nitrogen and oxygen atoms in total. The minimum Gasteiger partial charge on any atom is -0.0654 e. The fourth-order valence-corrected chi connectivity index (χ4v) is 4.66. The second-order valence-corrected chi connectivity index (χ2v) is 9.49. The molecule has 4 atom stereocenters. The molecule has 0 bridgehead atoms. The maximum Gasteiger partial charge on any atom is -0.0386 e. The summed E-state index contributed by atoms with van der Waals surface area (Å²) < 4.78 is 0. The Morgan fingerprint density at radius 2 is 0.857 bits per heavy atom. The summed E-state index contributed by atoms with van der Waals surface area (Å²) in [5.41, 5.74) is 0. The van der Waals surface area contributed by atoms with Crippen molar-refractivity contribution >= 4 is 0 Å². The molecule has 0 heteroatoms. The quantitative estimate of drug-likeness (QED) is 0.288. The second-order valence-electron chi connectivity index (χ2n) is 9.49. The fourth-order valence-electron chi connectivity index (χ4n) is 4.66. The van der Waals surface area contributed by atoms with Gasteiger partial charge in [-0.25, -0.2) is 0 Å². The van der Waals surface area contributed by atoms with Gasteiger partial charge in [0.05, 0.1) is 0 Å². The minimum absolute atomic E-state index is 0.968. The molecule has 1 rings (SSSR count). The summed E-state index contributed by atoms with van der Waals surface area (Å²) in [6, 6.07) is 0. The smallest absolute Gasteiger partial charge is 0.0386 e. The molecule has 1 aliphatic carbocycles. The van der Waals surface area contributed by atoms with Crippen molar-refractivity contribution in [3.8, 4) is 0 Å². The lowest BCUT2D eigenvalue weighted by molar-refractivity contribution is 0.105. The van der Waals surface area contributed by atoms with Gasteiger partial charge < -0.3 is 0 Å². The predicted molar refractivity (Wildman–Crippen MR) is 133 cm³/mol. The predicted octanol–water partition coefficient (Wildman–Crippen LogP) is 10.8. The molecule has 0 N–H and O–H groups in total. The molecule has 0 saturated heterocycles. The summed E-state index contributed by atoms with van der Waals surface area (Å²) in [5.74, 6) is 3.99. The molecule has 28 heavy (non-hydrogen) atoms. The van der Waals surface area contributed by atoms with Crippen LogP contribution in [0, 0.1) is 23.7 Å². The van der Waals surface area contributed by atoms with Gasteiger partial charge in [-0.15, -0.1) is 0 Å². The van der Waals surface area contributed by atoms with Crippen molar-refractivity contribution in [3.63, 3.8) is 0 Å². The molecule has 0 aromatic carbocycles. The van der Waals surface area contributed by atoms with Gasteiger partial charge in [-0.05, 0) is 36.5 Å². The molecule has 0 spiro atoms. The highest BCUT2D eigenvalue weighted by Gasteiger charge is 2.32. The van der Waals surface area contributed by atoms with E-state index in [1.54, 1.807) is 0 Å². The first-order valence-corrected chi connectivity index (χ1v) is 13.5. The van der Waals surface area contributed by atoms with E-state index in [4.69, 9.17) is 0 Å². The van der Waals surface area contributed by atoms with E-state index in [-0.39, 0.29) is 0 Å². The van der Waals surface area contributed by atoms with Crippen molar-refractivity contribution < 1.29 is 0 Å². The van der Waals surface area contributed by atoms with Gasteiger partial charge in [0.15, 0.2) is 0 Å². The van der Waals surface area contributed by atoms with Crippen molar-refractivity contribution in [1.29, 1.82) is 0 Å². The maximum atomic E-state index is 2.50. The monoisotopic (exact) mass is 396 g/mol. The third-order valence-electron chi connectivity index (χ3n) is 7.09. The maximum absolute atomic E-state index is 2.50. The lowest BCUT2D eigenvalue weighted by Crippen LogP contribution is -2.30. The van der Waals surface area contributed by atoms with E-state index in [0.29, 0.717) is 0 Å². The number of unbranched alkanes of at least 4 members (excludes halogenated alkanes) is 9. The van der Waals surface area contributed by atoms with Crippen molar-refractivity contribution in [2.45, 2.75) is 158 Å². The second kappa shape index (κ2) is 23.3. The van der Waals surface area contributed by atoms with Crippen molar-refractivity contribution in [1.82, 2.24) is 0 Å². The Morgan fingerprint density at radius 3 is 1.25 bits per heavy atom. The molecule has 1 aliphatic rings. The third kappa shape index (κ3) is 16.9. The zero-order valence-corrected chi connectivity index (χ0v) is 21.6. The molecule has 1 fully saturated rings. The van der Waals surface area contributed by atoms with Crippen LogP contribution in [0.25, 0.3) is 0 Å². The zero-order valence-electron chi connectivity index (χ0n) is 21.6. The lowest BCUT2D eigenvalue weighted by Gasteiger charge is -2.40. The highest BCUT2D eigenvalue weighted by molar-refractivity contribution is 4.82. The van der Waals surface area contributed by atoms with Crippen LogP contribution < -0.4 is 0 Å². The Morgan fingerprint density at radius 1 is 0.464 bits per heavy atom. The van der Waals surface area contributed by atoms with Crippen LogP contribution in [0.15, 0.2) is 0 Å². The Labute approximate surface area is 182 Å². The normalized spacial score (nSPS) is 24.0. The largest absolute Gasteiger partial charge is 0.0654 e. The van der Waals surface area contributed by atoms with Crippen LogP contribution in [0.3, 0.4) is 0 Å². The van der Waals surface area contributed by atoms with Gasteiger partial charge in [0.2, 0.25) is 0 Å². The van der Waals surface area contributed by atoms with E-state index in [1.165, 1.54) is 103 Å². The Hall–Kier alpha value is 0. The third-order valence-corrected chi connectivity index (χ3v) is 7.09. The standard InChI is InChI=1S/C15H30.C8H18.C5H12/c1-5-7-8-9-15-11-10-14(6-2)12(3)13(15)4;1-3-5-7-8-6-4-2;1-3-5-4-2/h12-15H,5-11H2,1-4H3;3-8H2,1-2H3;3-5H2,1-2H3. The molecular formula is C28H60. The van der Waals surface area contributed by atoms with Gasteiger partial charge in [0, 0.05) is 0 Å². The Kier molecular flexibility index (Phi) is 25.1. The van der Waals surface area contributed by atoms with Crippen LogP contribution >= 0.6 is 0 Å². The zero-order chi connectivity index (χ0) is 21.6. The van der Waals surface area contributed by atoms with Crippen LogP contribution in [-0.4, -0.2) is 0 Å². The summed E-state index contributed by atoms with van der Waals surface area (Å²) in [5, 5.41) is 0. The molecule has 0 aliphatic heterocycles. The number of hydrogen-bond donors (Lipinski definition) is 0. The van der Waals surface area contributed by atoms with E-state index in [9.17, 15) is 0 Å². The molecule has 0 radical (unpaired) electrons. The average molecular weight is 397 g/mol. The molecule has 172 valence electrons. The molecule has 0 aromatic heterocycles. The lowest BCUT2D eigenvalue weighted by atomic mass is 9.66. The summed E-state index contributed by atoms with van der Waals surface area (Å²) in [4.78, 5) is 0. The fraction of sp³-hybridized carbons (Fsp3) is 1.00. The van der Waals surface area contributed by atoms with Crippen LogP contribution in [0.4, 0.5) is 0 Å². The number of hydrogen-bond acceptors (Lipinski definition) is 0. The summed E-state index contributed by atoms with van der Waals surface area (Å²) >= 11 is 0. The van der Waals surface area contributed by atoms with E-state index in [0.717, 1.165) is 23.7 Å². The SMILES string of the molecule is CCCCC.CCCCCC1CCC(CC)C(C)C1C.CCCCCCCC. The molecule has 0 amide bonds. The van der Waals surface area contributed by atoms with E-state index < -0.39 is 0 Å². The van der Waals surface area contributed by atoms with Crippen molar-refractivity contribution in [2.75, 3.05) is 0 Å². The van der Waals surface area contributed by atoms with Crippen molar-refractivity contribution in [3.05, 3.63) is 0 Å². The summed E-state index contributed by atoms with van der Waals surface area (Å²) in [6.45, 7) is 18.6. The average Bonchev–Trinajstić information content (AvgIpc) is 2.70. The van der Waals surface area contributed by atoms with E-state index in [1.807, 2.05) is 0 Å². The summed E-state index contributed by atoms with van der Waals surface area (Å²) in [6.07, 6.45) is 22.7. The minimum atomic E-state index is 0.968. The first-order chi connectivity index (χ1) is 13.5. The Bertz CT molecular complexity index is 259. The van der Waals surface area contributed by atoms with Crippen LogP contribution in [0.1, 0.15) is 158 Å². The highest BCUT2D eigenvalue weighted by atomic mass is 14.4. The first-order valence-electron chi connectivity index (χ1n) is 13.5. The van der Waals surface area contributed by atoms with Crippen LogP contribution in [0.2, 0.25) is 0 Å². The highest BCUT2D eigenvalue weighted by Crippen LogP contribution is 2.41. The van der Waals surface area contributed by atoms with Gasteiger partial charge in [-0.3, -0.25) is 0 Å². The molecule has 4 unspecified atom stereocenters. The van der Waals surface area contributed by atoms with Crippen molar-refractivity contribution in [2.24, 2.45) is 23.7 Å². The summed E-state index contributed by atoms with van der Waals surface area (Å²) in [7, 11) is 0.